The van der Waals surface area contributed by atoms with Gasteiger partial charge in [0.15, 0.2) is 5.76 Å². The van der Waals surface area contributed by atoms with E-state index in [9.17, 15) is 0 Å². The third-order valence-electron chi connectivity index (χ3n) is 3.26. The van der Waals surface area contributed by atoms with E-state index in [1.807, 2.05) is 12.1 Å². The van der Waals surface area contributed by atoms with Crippen molar-refractivity contribution in [2.24, 2.45) is 5.73 Å². The number of amidine groups is 1. The van der Waals surface area contributed by atoms with Crippen molar-refractivity contribution in [3.8, 4) is 11.6 Å². The maximum atomic E-state index is 9.02. The average Bonchev–Trinajstić information content (AvgIpc) is 2.99. The average molecular weight is 370 g/mol. The van der Waals surface area contributed by atoms with Crippen LogP contribution in [0.5, 0.6) is 11.6 Å². The molecule has 138 valence electrons. The number of hydrogen-bond acceptors (Lipinski definition) is 7. The van der Waals surface area contributed by atoms with Gasteiger partial charge in [0.1, 0.15) is 11.6 Å². The minimum absolute atomic E-state index is 0. The van der Waals surface area contributed by atoms with Crippen LogP contribution in [0.3, 0.4) is 0 Å². The number of nitrogens with zero attached hydrogens (tertiary/aromatic N) is 1. The summed E-state index contributed by atoms with van der Waals surface area (Å²) in [5.74, 6) is 1.34. The Balaban J connectivity index is 0.00000312. The summed E-state index contributed by atoms with van der Waals surface area (Å²) in [5, 5.41) is 26.2. The monoisotopic (exact) mass is 369 g/mol. The molecule has 2 rings (SSSR count). The summed E-state index contributed by atoms with van der Waals surface area (Å²) in [4.78, 5) is 0. The molecule has 25 heavy (non-hydrogen) atoms. The van der Waals surface area contributed by atoms with Crippen LogP contribution in [0.1, 0.15) is 17.7 Å². The zero-order valence-electron chi connectivity index (χ0n) is 13.8. The summed E-state index contributed by atoms with van der Waals surface area (Å²) in [6.07, 6.45) is 0.893. The molecule has 0 radical (unpaired) electrons. The van der Waals surface area contributed by atoms with Gasteiger partial charge in [-0.25, -0.2) is 0 Å². The van der Waals surface area contributed by atoms with Gasteiger partial charge in [-0.15, -0.1) is 12.4 Å². The van der Waals surface area contributed by atoms with E-state index >= 15 is 0 Å². The Hall–Kier alpha value is -2.29. The van der Waals surface area contributed by atoms with Gasteiger partial charge in [-0.1, -0.05) is 0 Å². The lowest BCUT2D eigenvalue weighted by molar-refractivity contribution is 0.308. The number of nitrogens with two attached hydrogens (primary N) is 1. The highest BCUT2D eigenvalue weighted by atomic mass is 35.5. The van der Waals surface area contributed by atoms with Crippen LogP contribution in [-0.4, -0.2) is 42.3 Å². The molecule has 0 aliphatic rings. The maximum absolute atomic E-state index is 9.02. The second-order valence-electron chi connectivity index (χ2n) is 5.22. The zero-order chi connectivity index (χ0) is 17.2. The molecule has 2 aromatic rings. The first-order chi connectivity index (χ1) is 11.6. The van der Waals surface area contributed by atoms with Crippen LogP contribution in [0.25, 0.3) is 0 Å². The highest BCUT2D eigenvalue weighted by Crippen LogP contribution is 2.11. The predicted octanol–water partition coefficient (Wildman–Crippen LogP) is 1.23. The smallest absolute Gasteiger partial charge is 0.251 e. The minimum Gasteiger partial charge on any atom is -0.494 e. The fourth-order valence-electron chi connectivity index (χ4n) is 2.02. The third-order valence-corrected chi connectivity index (χ3v) is 3.26. The van der Waals surface area contributed by atoms with Crippen LogP contribution in [0, 0.1) is 5.41 Å². The molecule has 9 heteroatoms. The molecule has 0 amide bonds. The van der Waals surface area contributed by atoms with Crippen LogP contribution >= 0.6 is 12.4 Å². The van der Waals surface area contributed by atoms with Gasteiger partial charge >= 0.3 is 0 Å². The molecule has 0 aliphatic heterocycles. The van der Waals surface area contributed by atoms with E-state index in [0.29, 0.717) is 24.5 Å². The molecule has 0 fully saturated rings. The molecule has 1 heterocycles. The molecular weight excluding hydrogens is 346 g/mol. The largest absolute Gasteiger partial charge is 0.494 e. The van der Waals surface area contributed by atoms with Crippen LogP contribution in [-0.2, 0) is 6.54 Å². The van der Waals surface area contributed by atoms with Crippen LogP contribution < -0.4 is 21.1 Å². The molecular formula is C16H24ClN5O3. The van der Waals surface area contributed by atoms with E-state index in [2.05, 4.69) is 15.8 Å². The second kappa shape index (κ2) is 11.3. The quantitative estimate of drug-likeness (QED) is 0.229. The molecule has 0 unspecified atom stereocenters. The minimum atomic E-state index is -0.0964. The number of nitrogen functional groups attached to an aromatic ring is 1. The first-order valence-corrected chi connectivity index (χ1v) is 7.78. The predicted molar refractivity (Wildman–Crippen MR) is 97.6 cm³/mol. The Morgan fingerprint density at radius 3 is 2.56 bits per heavy atom. The van der Waals surface area contributed by atoms with Crippen molar-refractivity contribution in [2.75, 3.05) is 26.2 Å². The number of hydrogen-bond donors (Lipinski definition) is 5. The van der Waals surface area contributed by atoms with Gasteiger partial charge in [0.25, 0.3) is 5.88 Å². The summed E-state index contributed by atoms with van der Waals surface area (Å²) in [5.41, 5.74) is 6.09. The fraction of sp³-hybridized carbons (Fsp3) is 0.375. The van der Waals surface area contributed by atoms with Gasteiger partial charge < -0.3 is 30.7 Å². The standard InChI is InChI=1S/C16H23N5O3.ClH/c17-16(18)12-2-4-13(5-3-12)23-9-1-6-19-7-8-20-11-14-10-15(22)21-24-14;/h2-5,10,19-20H,1,6-9,11H2,(H3,17,18)(H,21,22);1H. The van der Waals surface area contributed by atoms with E-state index in [1.54, 1.807) is 12.1 Å². The summed E-state index contributed by atoms with van der Waals surface area (Å²) in [6.45, 7) is 3.63. The van der Waals surface area contributed by atoms with E-state index in [4.69, 9.17) is 25.5 Å². The Bertz CT molecular complexity index is 633. The molecule has 0 atom stereocenters. The Labute approximate surface area is 152 Å². The van der Waals surface area contributed by atoms with E-state index in [-0.39, 0.29) is 24.1 Å². The number of nitrogens with one attached hydrogen (secondary N) is 3. The number of halogens is 1. The number of aromatic nitrogens is 1. The van der Waals surface area contributed by atoms with Crippen molar-refractivity contribution < 1.29 is 14.4 Å². The molecule has 0 saturated carbocycles. The van der Waals surface area contributed by atoms with Crippen molar-refractivity contribution in [3.63, 3.8) is 0 Å². The van der Waals surface area contributed by atoms with Gasteiger partial charge in [-0.2, -0.15) is 0 Å². The third kappa shape index (κ3) is 7.88. The number of rotatable bonds is 11. The van der Waals surface area contributed by atoms with E-state index in [1.165, 1.54) is 6.07 Å². The lowest BCUT2D eigenvalue weighted by Crippen LogP contribution is -2.28. The first-order valence-electron chi connectivity index (χ1n) is 7.78. The summed E-state index contributed by atoms with van der Waals surface area (Å²) >= 11 is 0. The van der Waals surface area contributed by atoms with Crippen molar-refractivity contribution in [1.82, 2.24) is 15.8 Å². The molecule has 0 aliphatic carbocycles. The lowest BCUT2D eigenvalue weighted by Gasteiger charge is -2.08. The summed E-state index contributed by atoms with van der Waals surface area (Å²) in [7, 11) is 0. The molecule has 8 nitrogen and oxygen atoms in total. The fourth-order valence-corrected chi connectivity index (χ4v) is 2.02. The van der Waals surface area contributed by atoms with Gasteiger partial charge in [-0.3, -0.25) is 5.41 Å². The van der Waals surface area contributed by atoms with Crippen LogP contribution in [0.15, 0.2) is 34.9 Å². The summed E-state index contributed by atoms with van der Waals surface area (Å²) < 4.78 is 10.5. The molecule has 0 saturated heterocycles. The van der Waals surface area contributed by atoms with Gasteiger partial charge in [0.2, 0.25) is 0 Å². The normalized spacial score (nSPS) is 10.2. The molecule has 1 aromatic carbocycles. The second-order valence-corrected chi connectivity index (χ2v) is 5.22. The van der Waals surface area contributed by atoms with Crippen LogP contribution in [0.2, 0.25) is 0 Å². The SMILES string of the molecule is Cl.N=C(N)c1ccc(OCCCNCCNCc2cc(O)no2)cc1. The molecule has 1 aromatic heterocycles. The number of aromatic hydroxyl groups is 1. The molecule has 0 bridgehead atoms. The topological polar surface area (TPSA) is 129 Å². The van der Waals surface area contributed by atoms with Crippen molar-refractivity contribution in [2.45, 2.75) is 13.0 Å². The molecule has 6 N–H and O–H groups in total. The van der Waals surface area contributed by atoms with Crippen molar-refractivity contribution >= 4 is 18.2 Å². The number of benzene rings is 1. The number of ether oxygens (including phenoxy) is 1. The van der Waals surface area contributed by atoms with Crippen molar-refractivity contribution in [1.29, 1.82) is 5.41 Å². The van der Waals surface area contributed by atoms with Gasteiger partial charge in [0, 0.05) is 24.7 Å². The molecule has 0 spiro atoms. The van der Waals surface area contributed by atoms with Crippen molar-refractivity contribution in [3.05, 3.63) is 41.7 Å². The first kappa shape index (κ1) is 20.8. The van der Waals surface area contributed by atoms with Gasteiger partial charge in [0.05, 0.1) is 13.2 Å². The Kier molecular flexibility index (Phi) is 9.38. The zero-order valence-corrected chi connectivity index (χ0v) is 14.6. The summed E-state index contributed by atoms with van der Waals surface area (Å²) in [6, 6.07) is 8.66. The van der Waals surface area contributed by atoms with E-state index < -0.39 is 0 Å². The maximum Gasteiger partial charge on any atom is 0.251 e. The van der Waals surface area contributed by atoms with E-state index in [0.717, 1.165) is 31.8 Å². The Morgan fingerprint density at radius 1 is 1.20 bits per heavy atom. The van der Waals surface area contributed by atoms with Gasteiger partial charge in [-0.05, 0) is 42.4 Å². The Morgan fingerprint density at radius 2 is 1.92 bits per heavy atom. The highest BCUT2D eigenvalue weighted by Gasteiger charge is 2.01. The lowest BCUT2D eigenvalue weighted by atomic mass is 10.2. The van der Waals surface area contributed by atoms with Crippen LogP contribution in [0.4, 0.5) is 0 Å². The highest BCUT2D eigenvalue weighted by molar-refractivity contribution is 5.94.